The Bertz CT molecular complexity index is 1180. The van der Waals surface area contributed by atoms with Crippen LogP contribution in [0.2, 0.25) is 0 Å². The van der Waals surface area contributed by atoms with Crippen molar-refractivity contribution in [2.45, 2.75) is 39.0 Å². The number of cyclic esters (lactones) is 1. The zero-order chi connectivity index (χ0) is 24.0. The summed E-state index contributed by atoms with van der Waals surface area (Å²) in [5.41, 5.74) is 4.69. The van der Waals surface area contributed by atoms with E-state index in [0.717, 1.165) is 6.92 Å². The summed E-state index contributed by atoms with van der Waals surface area (Å²) < 4.78 is 88.2. The minimum Gasteiger partial charge on any atom is -0.441 e. The molecule has 1 heterocycles. The molecule has 3 N–H and O–H groups in total. The molecule has 32 heavy (non-hydrogen) atoms. The van der Waals surface area contributed by atoms with Gasteiger partial charge >= 0.3 is 6.09 Å². The van der Waals surface area contributed by atoms with Gasteiger partial charge in [0, 0.05) is 23.2 Å². The highest BCUT2D eigenvalue weighted by Crippen LogP contribution is 2.41. The Morgan fingerprint density at radius 1 is 1.12 bits per heavy atom. The number of nitrogens with two attached hydrogens (primary N) is 1. The highest BCUT2D eigenvalue weighted by atomic mass is 32.2. The van der Waals surface area contributed by atoms with Gasteiger partial charge in [-0.25, -0.2) is 30.8 Å². The van der Waals surface area contributed by atoms with E-state index in [2.05, 4.69) is 4.72 Å². The largest absolute Gasteiger partial charge is 0.441 e. The number of anilines is 3. The Balaban J connectivity index is 1.97. The second kappa shape index (κ2) is 8.49. The van der Waals surface area contributed by atoms with Gasteiger partial charge in [0.15, 0.2) is 23.3 Å². The van der Waals surface area contributed by atoms with Crippen LogP contribution in [-0.4, -0.2) is 21.1 Å². The van der Waals surface area contributed by atoms with Crippen molar-refractivity contribution in [2.24, 2.45) is 0 Å². The number of carbonyl (C=O) groups is 1. The van der Waals surface area contributed by atoms with Crippen molar-refractivity contribution in [3.63, 3.8) is 0 Å². The van der Waals surface area contributed by atoms with E-state index in [0.29, 0.717) is 24.2 Å². The van der Waals surface area contributed by atoms with Crippen LogP contribution >= 0.6 is 0 Å². The third-order valence-corrected chi connectivity index (χ3v) is 6.22. The quantitative estimate of drug-likeness (QED) is 0.364. The number of ether oxygens (including phenoxy) is 1. The molecule has 1 atom stereocenters. The molecule has 0 radical (unpaired) electrons. The van der Waals surface area contributed by atoms with Crippen LogP contribution in [0.1, 0.15) is 43.1 Å². The van der Waals surface area contributed by atoms with Gasteiger partial charge in [-0.15, -0.1) is 0 Å². The molecule has 2 aromatic carbocycles. The summed E-state index contributed by atoms with van der Waals surface area (Å²) in [5, 5.41) is 0. The average Bonchev–Trinajstić information content (AvgIpc) is 2.71. The molecular weight excluding hydrogens is 454 g/mol. The lowest BCUT2D eigenvalue weighted by atomic mass is 10.0. The first-order valence-electron chi connectivity index (χ1n) is 9.61. The number of hydrogen-bond acceptors (Lipinski definition) is 5. The molecule has 12 heteroatoms. The average molecular weight is 475 g/mol. The van der Waals surface area contributed by atoms with Crippen LogP contribution in [0.3, 0.4) is 0 Å². The summed E-state index contributed by atoms with van der Waals surface area (Å²) >= 11 is 0. The van der Waals surface area contributed by atoms with Crippen molar-refractivity contribution in [1.82, 2.24) is 0 Å². The van der Waals surface area contributed by atoms with Crippen molar-refractivity contribution in [2.75, 3.05) is 21.9 Å². The Labute approximate surface area is 182 Å². The van der Waals surface area contributed by atoms with Gasteiger partial charge in [0.2, 0.25) is 10.0 Å². The molecule has 0 bridgehead atoms. The summed E-state index contributed by atoms with van der Waals surface area (Å²) in [6.07, 6.45) is -0.730. The number of amides is 1. The lowest BCUT2D eigenvalue weighted by Gasteiger charge is -2.33. The predicted molar refractivity (Wildman–Crippen MR) is 111 cm³/mol. The zero-order valence-electron chi connectivity index (χ0n) is 17.4. The molecule has 7 nitrogen and oxygen atoms in total. The molecular formula is C20H21F4N3O4S. The van der Waals surface area contributed by atoms with E-state index in [1.165, 1.54) is 17.0 Å². The molecule has 174 valence electrons. The molecule has 1 unspecified atom stereocenters. The molecule has 3 rings (SSSR count). The standard InChI is InChI=1S/C20H21F4N3O4S/c1-4-5-27-19-12(10(3)31-20(27)28)6-11(7-14(19)25)26-32(29,30)8-13-17(23)15(21)9(2)16(22)18(13)24/h6-7,10,26H,4-5,8,25H2,1-3H3. The summed E-state index contributed by atoms with van der Waals surface area (Å²) in [7, 11) is -4.51. The summed E-state index contributed by atoms with van der Waals surface area (Å²) in [4.78, 5) is 13.5. The van der Waals surface area contributed by atoms with Gasteiger partial charge in [-0.3, -0.25) is 9.62 Å². The van der Waals surface area contributed by atoms with E-state index >= 15 is 0 Å². The van der Waals surface area contributed by atoms with E-state index in [1.807, 2.05) is 6.92 Å². The smallest absolute Gasteiger partial charge is 0.414 e. The number of fused-ring (bicyclic) bond motifs is 1. The number of benzene rings is 2. The second-order valence-corrected chi connectivity index (χ2v) is 9.12. The number of nitrogens with zero attached hydrogens (tertiary/aromatic N) is 1. The maximum atomic E-state index is 14.1. The number of hydrogen-bond donors (Lipinski definition) is 2. The molecule has 1 aliphatic rings. The van der Waals surface area contributed by atoms with Gasteiger partial charge < -0.3 is 10.5 Å². The summed E-state index contributed by atoms with van der Waals surface area (Å²) in [6.45, 7) is 4.56. The first kappa shape index (κ1) is 23.6. The van der Waals surface area contributed by atoms with Crippen LogP contribution in [-0.2, 0) is 20.5 Å². The van der Waals surface area contributed by atoms with Crippen LogP contribution in [0.4, 0.5) is 39.4 Å². The van der Waals surface area contributed by atoms with Crippen LogP contribution in [0.15, 0.2) is 12.1 Å². The number of nitrogens with one attached hydrogen (secondary N) is 1. The molecule has 0 spiro atoms. The predicted octanol–water partition coefficient (Wildman–Crippen LogP) is 4.50. The SMILES string of the molecule is CCCN1C(=O)OC(C)c2cc(NS(=O)(=O)Cc3c(F)c(F)c(C)c(F)c3F)cc(N)c21. The first-order valence-corrected chi connectivity index (χ1v) is 11.3. The Morgan fingerprint density at radius 2 is 1.72 bits per heavy atom. The Morgan fingerprint density at radius 3 is 2.28 bits per heavy atom. The lowest BCUT2D eigenvalue weighted by molar-refractivity contribution is 0.108. The summed E-state index contributed by atoms with van der Waals surface area (Å²) in [5.74, 6) is -8.26. The van der Waals surface area contributed by atoms with Gasteiger partial charge in [0.25, 0.3) is 0 Å². The van der Waals surface area contributed by atoms with Gasteiger partial charge in [0.1, 0.15) is 11.9 Å². The molecule has 1 amide bonds. The number of sulfonamides is 1. The van der Waals surface area contributed by atoms with Crippen LogP contribution in [0, 0.1) is 30.2 Å². The maximum Gasteiger partial charge on any atom is 0.414 e. The van der Waals surface area contributed by atoms with E-state index in [-0.39, 0.29) is 11.4 Å². The Hall–Kier alpha value is -3.02. The van der Waals surface area contributed by atoms with Crippen molar-refractivity contribution in [1.29, 1.82) is 0 Å². The third-order valence-electron chi connectivity index (χ3n) is 5.00. The monoisotopic (exact) mass is 475 g/mol. The molecule has 2 aromatic rings. The number of carbonyl (C=O) groups excluding carboxylic acids is 1. The minimum atomic E-state index is -4.51. The summed E-state index contributed by atoms with van der Waals surface area (Å²) in [6, 6.07) is 2.60. The molecule has 0 saturated carbocycles. The van der Waals surface area contributed by atoms with Gasteiger partial charge in [-0.1, -0.05) is 6.92 Å². The van der Waals surface area contributed by atoms with E-state index < -0.39 is 62.4 Å². The fourth-order valence-corrected chi connectivity index (χ4v) is 4.66. The van der Waals surface area contributed by atoms with Gasteiger partial charge in [0.05, 0.1) is 17.1 Å². The van der Waals surface area contributed by atoms with Crippen molar-refractivity contribution in [3.05, 3.63) is 52.1 Å². The van der Waals surface area contributed by atoms with Crippen molar-refractivity contribution in [3.8, 4) is 0 Å². The first-order chi connectivity index (χ1) is 14.9. The number of halogens is 4. The van der Waals surface area contributed by atoms with Crippen molar-refractivity contribution >= 4 is 33.2 Å². The number of nitrogen functional groups attached to an aromatic ring is 1. The van der Waals surface area contributed by atoms with Gasteiger partial charge in [-0.05, 0) is 32.4 Å². The van der Waals surface area contributed by atoms with E-state index in [1.54, 1.807) is 6.92 Å². The highest BCUT2D eigenvalue weighted by molar-refractivity contribution is 7.91. The van der Waals surface area contributed by atoms with E-state index in [9.17, 15) is 30.8 Å². The van der Waals surface area contributed by atoms with E-state index in [4.69, 9.17) is 10.5 Å². The van der Waals surface area contributed by atoms with Crippen LogP contribution < -0.4 is 15.4 Å². The molecule has 0 saturated heterocycles. The minimum absolute atomic E-state index is 0.0712. The van der Waals surface area contributed by atoms with Crippen LogP contribution in [0.25, 0.3) is 0 Å². The fraction of sp³-hybridized carbons (Fsp3) is 0.350. The molecule has 0 aliphatic carbocycles. The van der Waals surface area contributed by atoms with Crippen LogP contribution in [0.5, 0.6) is 0 Å². The maximum absolute atomic E-state index is 14.1. The van der Waals surface area contributed by atoms with Gasteiger partial charge in [-0.2, -0.15) is 0 Å². The topological polar surface area (TPSA) is 102 Å². The van der Waals surface area contributed by atoms with Crippen molar-refractivity contribution < 1.29 is 35.5 Å². The normalized spacial score (nSPS) is 16.0. The lowest BCUT2D eigenvalue weighted by Crippen LogP contribution is -2.38. The fourth-order valence-electron chi connectivity index (χ4n) is 3.48. The third kappa shape index (κ3) is 4.18. The zero-order valence-corrected chi connectivity index (χ0v) is 18.2. The molecule has 0 aromatic heterocycles. The highest BCUT2D eigenvalue weighted by Gasteiger charge is 2.33. The number of rotatable bonds is 6. The molecule has 0 fully saturated rings. The second-order valence-electron chi connectivity index (χ2n) is 7.40. The Kier molecular flexibility index (Phi) is 6.27. The molecule has 1 aliphatic heterocycles.